The first kappa shape index (κ1) is 16.2. The van der Waals surface area contributed by atoms with Crippen LogP contribution in [0.5, 0.6) is 0 Å². The van der Waals surface area contributed by atoms with Crippen molar-refractivity contribution in [1.29, 1.82) is 0 Å². The first-order valence-electron chi connectivity index (χ1n) is 5.70. The van der Waals surface area contributed by atoms with Crippen molar-refractivity contribution >= 4 is 23.6 Å². The van der Waals surface area contributed by atoms with Crippen molar-refractivity contribution in [2.24, 2.45) is 0 Å². The number of amides is 2. The lowest BCUT2D eigenvalue weighted by Gasteiger charge is -2.17. The number of aliphatic carboxylic acids is 1. The maximum atomic E-state index is 12.9. The summed E-state index contributed by atoms with van der Waals surface area (Å²) in [7, 11) is 0. The summed E-state index contributed by atoms with van der Waals surface area (Å²) in [5.41, 5.74) is 0.551. The molecule has 0 aliphatic rings. The first-order chi connectivity index (χ1) is 9.31. The molecule has 2 amide bonds. The average molecular weight is 305 g/mol. The van der Waals surface area contributed by atoms with Crippen molar-refractivity contribution < 1.29 is 24.2 Å². The molecule has 0 aliphatic carbocycles. The fourth-order valence-corrected chi connectivity index (χ4v) is 1.62. The Hall–Kier alpha value is -1.86. The lowest BCUT2D eigenvalue weighted by molar-refractivity contribution is -0.141. The molecule has 0 saturated heterocycles. The smallest absolute Gasteiger partial charge is 0.328 e. The third-order valence-corrected chi connectivity index (χ3v) is 2.76. The largest absolute Gasteiger partial charge is 0.480 e. The zero-order chi connectivity index (χ0) is 15.3. The van der Waals surface area contributed by atoms with Crippen LogP contribution < -0.4 is 10.6 Å². The molecule has 0 heterocycles. The summed E-state index contributed by atoms with van der Waals surface area (Å²) >= 11 is 5.58. The Morgan fingerprint density at radius 3 is 2.60 bits per heavy atom. The van der Waals surface area contributed by atoms with Gasteiger partial charge in [0.25, 0.3) is 0 Å². The number of nitrogens with one attached hydrogen (secondary N) is 2. The highest BCUT2D eigenvalue weighted by molar-refractivity contribution is 6.30. The molecule has 6 nitrogen and oxygen atoms in total. The number of urea groups is 1. The van der Waals surface area contributed by atoms with Crippen molar-refractivity contribution in [3.63, 3.8) is 0 Å². The van der Waals surface area contributed by atoms with Crippen molar-refractivity contribution in [2.75, 3.05) is 0 Å². The van der Waals surface area contributed by atoms with Gasteiger partial charge in [-0.3, -0.25) is 0 Å². The average Bonchev–Trinajstić information content (AvgIpc) is 2.36. The number of halogens is 2. The van der Waals surface area contributed by atoms with Gasteiger partial charge in [0, 0.05) is 6.54 Å². The van der Waals surface area contributed by atoms with Gasteiger partial charge < -0.3 is 20.8 Å². The van der Waals surface area contributed by atoms with Gasteiger partial charge in [0.05, 0.1) is 11.1 Å². The summed E-state index contributed by atoms with van der Waals surface area (Å²) in [5, 5.41) is 22.4. The fourth-order valence-electron chi connectivity index (χ4n) is 1.41. The molecule has 8 heteroatoms. The van der Waals surface area contributed by atoms with E-state index in [2.05, 4.69) is 10.6 Å². The Morgan fingerprint density at radius 2 is 2.10 bits per heavy atom. The Kier molecular flexibility index (Phi) is 5.72. The van der Waals surface area contributed by atoms with Gasteiger partial charge in [-0.1, -0.05) is 17.7 Å². The normalized spacial score (nSPS) is 13.4. The highest BCUT2D eigenvalue weighted by atomic mass is 35.5. The molecule has 1 aromatic rings. The van der Waals surface area contributed by atoms with Gasteiger partial charge in [-0.2, -0.15) is 0 Å². The second-order valence-corrected chi connectivity index (χ2v) is 4.54. The number of aliphatic hydroxyl groups excluding tert-OH is 1. The van der Waals surface area contributed by atoms with Crippen LogP contribution in [-0.2, 0) is 11.3 Å². The Labute approximate surface area is 119 Å². The molecular weight excluding hydrogens is 291 g/mol. The zero-order valence-corrected chi connectivity index (χ0v) is 11.3. The summed E-state index contributed by atoms with van der Waals surface area (Å²) in [5.74, 6) is -1.92. The number of benzene rings is 1. The number of hydrogen-bond donors (Lipinski definition) is 4. The molecule has 2 unspecified atom stereocenters. The minimum Gasteiger partial charge on any atom is -0.480 e. The van der Waals surface area contributed by atoms with E-state index in [-0.39, 0.29) is 11.6 Å². The highest BCUT2D eigenvalue weighted by Crippen LogP contribution is 2.15. The predicted molar refractivity (Wildman–Crippen MR) is 69.9 cm³/mol. The first-order valence-corrected chi connectivity index (χ1v) is 6.08. The SMILES string of the molecule is CC(O)C(NC(=O)NCc1ccc(F)c(Cl)c1)C(=O)O. The zero-order valence-electron chi connectivity index (χ0n) is 10.6. The van der Waals surface area contributed by atoms with Gasteiger partial charge in [-0.15, -0.1) is 0 Å². The number of aliphatic hydroxyl groups is 1. The molecule has 110 valence electrons. The topological polar surface area (TPSA) is 98.7 Å². The summed E-state index contributed by atoms with van der Waals surface area (Å²) in [6, 6.07) is 1.77. The van der Waals surface area contributed by atoms with Crippen LogP contribution in [0.4, 0.5) is 9.18 Å². The van der Waals surface area contributed by atoms with E-state index in [4.69, 9.17) is 16.7 Å². The fraction of sp³-hybridized carbons (Fsp3) is 0.333. The van der Waals surface area contributed by atoms with Crippen LogP contribution in [0.1, 0.15) is 12.5 Å². The molecule has 0 aliphatic heterocycles. The van der Waals surface area contributed by atoms with Crippen molar-refractivity contribution in [3.8, 4) is 0 Å². The lowest BCUT2D eigenvalue weighted by Crippen LogP contribution is -2.50. The standard InChI is InChI=1S/C12H14ClFN2O4/c1-6(17)10(11(18)19)16-12(20)15-5-7-2-3-9(14)8(13)4-7/h2-4,6,10,17H,5H2,1H3,(H,18,19)(H2,15,16,20). The molecular formula is C12H14ClFN2O4. The van der Waals surface area contributed by atoms with E-state index in [1.54, 1.807) is 0 Å². The van der Waals surface area contributed by atoms with Crippen LogP contribution in [0, 0.1) is 5.82 Å². The quantitative estimate of drug-likeness (QED) is 0.655. The number of carboxylic acid groups (broad SMARTS) is 1. The van der Waals surface area contributed by atoms with Crippen LogP contribution in [-0.4, -0.2) is 34.4 Å². The van der Waals surface area contributed by atoms with E-state index >= 15 is 0 Å². The van der Waals surface area contributed by atoms with Gasteiger partial charge in [-0.25, -0.2) is 14.0 Å². The molecule has 1 rings (SSSR count). The summed E-state index contributed by atoms with van der Waals surface area (Å²) < 4.78 is 12.9. The second-order valence-electron chi connectivity index (χ2n) is 4.13. The van der Waals surface area contributed by atoms with E-state index in [0.29, 0.717) is 5.56 Å². The molecule has 0 fully saturated rings. The van der Waals surface area contributed by atoms with Crippen LogP contribution in [0.25, 0.3) is 0 Å². The Bertz CT molecular complexity index is 510. The molecule has 0 spiro atoms. The van der Waals surface area contributed by atoms with Crippen molar-refractivity contribution in [1.82, 2.24) is 10.6 Å². The maximum absolute atomic E-state index is 12.9. The molecule has 0 radical (unpaired) electrons. The molecule has 2 atom stereocenters. The number of carboxylic acids is 1. The predicted octanol–water partition coefficient (Wildman–Crippen LogP) is 1.11. The van der Waals surface area contributed by atoms with Crippen molar-refractivity contribution in [3.05, 3.63) is 34.6 Å². The van der Waals surface area contributed by atoms with Crippen LogP contribution in [0.15, 0.2) is 18.2 Å². The third-order valence-electron chi connectivity index (χ3n) is 2.47. The van der Waals surface area contributed by atoms with Gasteiger partial charge in [0.2, 0.25) is 0 Å². The summed E-state index contributed by atoms with van der Waals surface area (Å²) in [4.78, 5) is 22.3. The summed E-state index contributed by atoms with van der Waals surface area (Å²) in [6.45, 7) is 1.29. The molecule has 4 N–H and O–H groups in total. The number of carbonyl (C=O) groups excluding carboxylic acids is 1. The van der Waals surface area contributed by atoms with E-state index in [1.165, 1.54) is 19.1 Å². The highest BCUT2D eigenvalue weighted by Gasteiger charge is 2.24. The third kappa shape index (κ3) is 4.67. The molecule has 0 aromatic heterocycles. The van der Waals surface area contributed by atoms with Crippen LogP contribution in [0.3, 0.4) is 0 Å². The van der Waals surface area contributed by atoms with E-state index in [9.17, 15) is 19.1 Å². The molecule has 1 aromatic carbocycles. The molecule has 20 heavy (non-hydrogen) atoms. The van der Waals surface area contributed by atoms with Crippen LogP contribution in [0.2, 0.25) is 5.02 Å². The van der Waals surface area contributed by atoms with Crippen LogP contribution >= 0.6 is 11.6 Å². The maximum Gasteiger partial charge on any atom is 0.328 e. The number of carbonyl (C=O) groups is 2. The minimum atomic E-state index is -1.41. The van der Waals surface area contributed by atoms with Crippen molar-refractivity contribution in [2.45, 2.75) is 25.6 Å². The van der Waals surface area contributed by atoms with Gasteiger partial charge in [-0.05, 0) is 24.6 Å². The minimum absolute atomic E-state index is 0.0397. The van der Waals surface area contributed by atoms with Gasteiger partial charge >= 0.3 is 12.0 Å². The Balaban J connectivity index is 2.54. The van der Waals surface area contributed by atoms with E-state index < -0.39 is 30.0 Å². The monoisotopic (exact) mass is 304 g/mol. The molecule has 0 saturated carbocycles. The van der Waals surface area contributed by atoms with E-state index in [0.717, 1.165) is 6.07 Å². The second kappa shape index (κ2) is 7.06. The Morgan fingerprint density at radius 1 is 1.45 bits per heavy atom. The van der Waals surface area contributed by atoms with E-state index in [1.807, 2.05) is 0 Å². The number of rotatable bonds is 5. The number of hydrogen-bond acceptors (Lipinski definition) is 3. The van der Waals surface area contributed by atoms with Gasteiger partial charge in [0.15, 0.2) is 6.04 Å². The summed E-state index contributed by atoms with van der Waals surface area (Å²) in [6.07, 6.45) is -1.24. The molecule has 0 bridgehead atoms. The lowest BCUT2D eigenvalue weighted by atomic mass is 10.2. The van der Waals surface area contributed by atoms with Gasteiger partial charge in [0.1, 0.15) is 5.82 Å².